The zero-order chi connectivity index (χ0) is 14.5. The maximum Gasteiger partial charge on any atom is 0.317 e. The van der Waals surface area contributed by atoms with E-state index in [9.17, 15) is 9.59 Å². The zero-order valence-electron chi connectivity index (χ0n) is 11.5. The Morgan fingerprint density at radius 2 is 2.40 bits per heavy atom. The summed E-state index contributed by atoms with van der Waals surface area (Å²) >= 11 is 1.62. The Hall–Kier alpha value is -1.56. The summed E-state index contributed by atoms with van der Waals surface area (Å²) in [5.41, 5.74) is 0. The predicted octanol–water partition coefficient (Wildman–Crippen LogP) is 2.71. The summed E-state index contributed by atoms with van der Waals surface area (Å²) in [5.74, 6) is -1.25. The number of nitrogens with zero attached hydrogens (tertiary/aromatic N) is 1. The number of aliphatic carboxylic acids is 1. The van der Waals surface area contributed by atoms with Crippen LogP contribution >= 0.6 is 11.3 Å². The number of rotatable bonds is 4. The summed E-state index contributed by atoms with van der Waals surface area (Å²) in [6, 6.07) is 3.83. The van der Waals surface area contributed by atoms with Gasteiger partial charge in [-0.25, -0.2) is 4.79 Å². The van der Waals surface area contributed by atoms with E-state index in [4.69, 9.17) is 5.11 Å². The second kappa shape index (κ2) is 6.74. The van der Waals surface area contributed by atoms with E-state index in [-0.39, 0.29) is 12.1 Å². The van der Waals surface area contributed by atoms with E-state index in [0.717, 1.165) is 17.7 Å². The van der Waals surface area contributed by atoms with E-state index >= 15 is 0 Å². The molecule has 2 amide bonds. The molecule has 20 heavy (non-hydrogen) atoms. The molecule has 1 aliphatic heterocycles. The number of carboxylic acid groups (broad SMARTS) is 1. The summed E-state index contributed by atoms with van der Waals surface area (Å²) in [6.45, 7) is 2.97. The Bertz CT molecular complexity index is 461. The molecule has 1 aliphatic rings. The minimum Gasteiger partial charge on any atom is -0.481 e. The van der Waals surface area contributed by atoms with Crippen molar-refractivity contribution in [2.75, 3.05) is 13.1 Å². The maximum atomic E-state index is 12.3. The topological polar surface area (TPSA) is 69.6 Å². The number of carbonyl (C=O) groups excluding carboxylic acids is 1. The van der Waals surface area contributed by atoms with Gasteiger partial charge in [-0.15, -0.1) is 11.3 Å². The van der Waals surface area contributed by atoms with Crippen molar-refractivity contribution >= 4 is 23.3 Å². The first-order valence-electron chi connectivity index (χ1n) is 6.93. The average molecular weight is 296 g/mol. The number of thiophene rings is 1. The molecule has 1 saturated heterocycles. The van der Waals surface area contributed by atoms with Gasteiger partial charge in [0.1, 0.15) is 0 Å². The van der Waals surface area contributed by atoms with Gasteiger partial charge in [-0.05, 0) is 30.7 Å². The van der Waals surface area contributed by atoms with Crippen LogP contribution in [0.1, 0.15) is 37.1 Å². The number of carboxylic acids is 1. The van der Waals surface area contributed by atoms with Crippen LogP contribution in [0.25, 0.3) is 0 Å². The number of nitrogens with one attached hydrogen (secondary N) is 1. The third-order valence-electron chi connectivity index (χ3n) is 3.65. The fourth-order valence-corrected chi connectivity index (χ4v) is 3.33. The first-order chi connectivity index (χ1) is 9.61. The van der Waals surface area contributed by atoms with Crippen molar-refractivity contribution in [1.82, 2.24) is 10.2 Å². The van der Waals surface area contributed by atoms with E-state index in [2.05, 4.69) is 5.32 Å². The van der Waals surface area contributed by atoms with Gasteiger partial charge >= 0.3 is 12.0 Å². The summed E-state index contributed by atoms with van der Waals surface area (Å²) in [7, 11) is 0. The zero-order valence-corrected chi connectivity index (χ0v) is 12.4. The fraction of sp³-hybridized carbons (Fsp3) is 0.571. The molecule has 0 spiro atoms. The minimum atomic E-state index is -0.812. The number of hydrogen-bond acceptors (Lipinski definition) is 3. The van der Waals surface area contributed by atoms with E-state index in [0.29, 0.717) is 19.5 Å². The van der Waals surface area contributed by atoms with Crippen LogP contribution in [0.15, 0.2) is 17.5 Å². The quantitative estimate of drug-likeness (QED) is 0.897. The molecule has 6 heteroatoms. The molecule has 0 saturated carbocycles. The monoisotopic (exact) mass is 296 g/mol. The Balaban J connectivity index is 1.95. The smallest absolute Gasteiger partial charge is 0.317 e. The molecular formula is C14H20N2O3S. The van der Waals surface area contributed by atoms with Gasteiger partial charge in [-0.2, -0.15) is 0 Å². The molecule has 1 fully saturated rings. The van der Waals surface area contributed by atoms with Crippen LogP contribution in [0, 0.1) is 5.92 Å². The summed E-state index contributed by atoms with van der Waals surface area (Å²) in [6.07, 6.45) is 2.23. The Morgan fingerprint density at radius 1 is 1.60 bits per heavy atom. The van der Waals surface area contributed by atoms with Gasteiger partial charge in [-0.3, -0.25) is 4.79 Å². The molecule has 1 aromatic heterocycles. The van der Waals surface area contributed by atoms with Gasteiger partial charge in [-0.1, -0.05) is 13.0 Å². The van der Waals surface area contributed by atoms with Crippen LogP contribution in [-0.2, 0) is 4.79 Å². The minimum absolute atomic E-state index is 0.00713. The molecule has 0 bridgehead atoms. The van der Waals surface area contributed by atoms with E-state index in [1.54, 1.807) is 16.2 Å². The van der Waals surface area contributed by atoms with Gasteiger partial charge in [0.2, 0.25) is 0 Å². The first kappa shape index (κ1) is 14.8. The van der Waals surface area contributed by atoms with E-state index in [1.165, 1.54) is 0 Å². The lowest BCUT2D eigenvalue weighted by Gasteiger charge is -2.32. The SMILES string of the molecule is CCC(NC(=O)N1CCCC(C(=O)O)C1)c1cccs1. The third kappa shape index (κ3) is 3.50. The van der Waals surface area contributed by atoms with Crippen LogP contribution in [0.2, 0.25) is 0 Å². The third-order valence-corrected chi connectivity index (χ3v) is 4.64. The Kier molecular flexibility index (Phi) is 5.00. The van der Waals surface area contributed by atoms with Crippen molar-refractivity contribution < 1.29 is 14.7 Å². The van der Waals surface area contributed by atoms with Gasteiger partial charge in [0.15, 0.2) is 0 Å². The second-order valence-corrected chi connectivity index (χ2v) is 6.03. The van der Waals surface area contributed by atoms with Crippen LogP contribution in [0.5, 0.6) is 0 Å². The molecular weight excluding hydrogens is 276 g/mol. The van der Waals surface area contributed by atoms with Gasteiger partial charge in [0.25, 0.3) is 0 Å². The Labute approximate surface area is 122 Å². The van der Waals surface area contributed by atoms with Crippen molar-refractivity contribution in [1.29, 1.82) is 0 Å². The molecule has 2 N–H and O–H groups in total. The highest BCUT2D eigenvalue weighted by Gasteiger charge is 2.29. The molecule has 0 aromatic carbocycles. The molecule has 0 radical (unpaired) electrons. The van der Waals surface area contributed by atoms with Crippen molar-refractivity contribution in [3.8, 4) is 0 Å². The van der Waals surface area contributed by atoms with Gasteiger partial charge in [0, 0.05) is 18.0 Å². The first-order valence-corrected chi connectivity index (χ1v) is 7.81. The Morgan fingerprint density at radius 3 is 3.00 bits per heavy atom. The number of hydrogen-bond donors (Lipinski definition) is 2. The van der Waals surface area contributed by atoms with Gasteiger partial charge in [0.05, 0.1) is 12.0 Å². The standard InChI is InChI=1S/C14H20N2O3S/c1-2-11(12-6-4-8-20-12)15-14(19)16-7-3-5-10(9-16)13(17)18/h4,6,8,10-11H,2-3,5,7,9H2,1H3,(H,15,19)(H,17,18). The predicted molar refractivity (Wildman–Crippen MR) is 77.8 cm³/mol. The summed E-state index contributed by atoms with van der Waals surface area (Å²) in [4.78, 5) is 26.0. The number of carbonyl (C=O) groups is 2. The highest BCUT2D eigenvalue weighted by Crippen LogP contribution is 2.23. The summed E-state index contributed by atoms with van der Waals surface area (Å²) in [5, 5.41) is 14.1. The maximum absolute atomic E-state index is 12.3. The van der Waals surface area contributed by atoms with Crippen molar-refractivity contribution in [3.05, 3.63) is 22.4 Å². The molecule has 2 unspecified atom stereocenters. The fourth-order valence-electron chi connectivity index (χ4n) is 2.47. The number of piperidine rings is 1. The molecule has 110 valence electrons. The summed E-state index contributed by atoms with van der Waals surface area (Å²) < 4.78 is 0. The second-order valence-electron chi connectivity index (χ2n) is 5.05. The largest absolute Gasteiger partial charge is 0.481 e. The van der Waals surface area contributed by atoms with Crippen LogP contribution in [0.4, 0.5) is 4.79 Å². The molecule has 2 heterocycles. The normalized spacial score (nSPS) is 20.4. The molecule has 5 nitrogen and oxygen atoms in total. The number of amides is 2. The molecule has 1 aromatic rings. The van der Waals surface area contributed by atoms with Crippen LogP contribution in [0.3, 0.4) is 0 Å². The average Bonchev–Trinajstić information content (AvgIpc) is 2.98. The molecule has 2 rings (SSSR count). The lowest BCUT2D eigenvalue weighted by atomic mass is 9.99. The molecule has 0 aliphatic carbocycles. The molecule has 2 atom stereocenters. The van der Waals surface area contributed by atoms with Gasteiger partial charge < -0.3 is 15.3 Å². The van der Waals surface area contributed by atoms with Crippen molar-refractivity contribution in [2.45, 2.75) is 32.2 Å². The van der Waals surface area contributed by atoms with E-state index in [1.807, 2.05) is 24.4 Å². The van der Waals surface area contributed by atoms with Crippen molar-refractivity contribution in [2.24, 2.45) is 5.92 Å². The number of urea groups is 1. The van der Waals surface area contributed by atoms with Crippen LogP contribution < -0.4 is 5.32 Å². The van der Waals surface area contributed by atoms with E-state index < -0.39 is 11.9 Å². The van der Waals surface area contributed by atoms with Crippen molar-refractivity contribution in [3.63, 3.8) is 0 Å². The number of likely N-dealkylation sites (tertiary alicyclic amines) is 1. The highest BCUT2D eigenvalue weighted by molar-refractivity contribution is 7.10. The highest BCUT2D eigenvalue weighted by atomic mass is 32.1. The lowest BCUT2D eigenvalue weighted by molar-refractivity contribution is -0.143. The van der Waals surface area contributed by atoms with Crippen LogP contribution in [-0.4, -0.2) is 35.1 Å². The lowest BCUT2D eigenvalue weighted by Crippen LogP contribution is -2.47.